The van der Waals surface area contributed by atoms with E-state index < -0.39 is 11.2 Å². The maximum Gasteiger partial charge on any atom is 0.165 e. The molecule has 3 aromatic heterocycles. The molecule has 0 N–H and O–H groups in total. The molecule has 1 aliphatic heterocycles. The van der Waals surface area contributed by atoms with Crippen LogP contribution in [-0.4, -0.2) is 31.1 Å². The molecule has 0 saturated carbocycles. The van der Waals surface area contributed by atoms with Crippen LogP contribution in [0.3, 0.4) is 0 Å². The second-order valence-electron chi connectivity index (χ2n) is 16.0. The molecular weight excluding hydrogens is 919 g/mol. The minimum atomic E-state index is -0.465. The summed E-state index contributed by atoms with van der Waals surface area (Å²) in [6.07, 6.45) is 2.57. The van der Waals surface area contributed by atoms with Crippen molar-refractivity contribution in [3.05, 3.63) is 181 Å². The zero-order chi connectivity index (χ0) is 40.1. The minimum absolute atomic E-state index is 0. The topological polar surface area (TPSA) is 75.0 Å². The summed E-state index contributed by atoms with van der Waals surface area (Å²) in [6.45, 7) is 8.89. The fourth-order valence-electron chi connectivity index (χ4n) is 8.49. The standard InChI is InChI=1S/C52H42N5O2.Ir/c1-51(2)42-28-25-37(31-43(42)52(3,4)59-51)47-46(58-30-29-34-15-7-5-8-16-34)32-38(33-53-47)50-55-48(35-17-9-6-10-18-35)54-49(56-50)36-23-26-39(27-24-36)57-44-21-13-11-19-40(44)41-20-12-14-22-45(41)57;/h5-24,26-28,31-33H,29-30H2,1-4H3;/q-1;. The van der Waals surface area contributed by atoms with Gasteiger partial charge in [-0.1, -0.05) is 108 Å². The van der Waals surface area contributed by atoms with Crippen LogP contribution in [0, 0.1) is 6.07 Å². The summed E-state index contributed by atoms with van der Waals surface area (Å²) in [7, 11) is 0. The van der Waals surface area contributed by atoms with Crippen LogP contribution in [0.25, 0.3) is 72.9 Å². The Morgan fingerprint density at radius 2 is 1.15 bits per heavy atom. The average Bonchev–Trinajstić information content (AvgIpc) is 3.70. The van der Waals surface area contributed by atoms with E-state index in [9.17, 15) is 0 Å². The maximum atomic E-state index is 6.62. The molecule has 4 heterocycles. The molecule has 0 amide bonds. The van der Waals surface area contributed by atoms with E-state index in [4.69, 9.17) is 29.4 Å². The van der Waals surface area contributed by atoms with Gasteiger partial charge in [0.2, 0.25) is 0 Å². The van der Waals surface area contributed by atoms with E-state index in [1.807, 2.05) is 54.7 Å². The van der Waals surface area contributed by atoms with E-state index in [1.54, 1.807) is 0 Å². The van der Waals surface area contributed by atoms with Gasteiger partial charge in [-0.15, -0.1) is 23.8 Å². The first kappa shape index (κ1) is 39.2. The van der Waals surface area contributed by atoms with Crippen LogP contribution in [0.4, 0.5) is 0 Å². The number of aromatic nitrogens is 5. The summed E-state index contributed by atoms with van der Waals surface area (Å²) in [4.78, 5) is 20.2. The molecule has 0 saturated heterocycles. The van der Waals surface area contributed by atoms with Crippen molar-refractivity contribution >= 4 is 21.8 Å². The smallest absolute Gasteiger partial charge is 0.165 e. The Morgan fingerprint density at radius 3 is 1.80 bits per heavy atom. The molecule has 8 heteroatoms. The summed E-state index contributed by atoms with van der Waals surface area (Å²) >= 11 is 0. The van der Waals surface area contributed by atoms with Gasteiger partial charge in [0.05, 0.1) is 28.8 Å². The third kappa shape index (κ3) is 7.21. The van der Waals surface area contributed by atoms with Gasteiger partial charge in [-0.2, -0.15) is 0 Å². The summed E-state index contributed by atoms with van der Waals surface area (Å²) in [5.41, 5.74) is 9.96. The largest absolute Gasteiger partial charge is 0.501 e. The van der Waals surface area contributed by atoms with Crippen molar-refractivity contribution in [2.75, 3.05) is 6.61 Å². The van der Waals surface area contributed by atoms with Crippen molar-refractivity contribution in [2.45, 2.75) is 45.3 Å². The quantitative estimate of drug-likeness (QED) is 0.134. The molecule has 297 valence electrons. The third-order valence-electron chi connectivity index (χ3n) is 11.2. The van der Waals surface area contributed by atoms with E-state index in [0.717, 1.165) is 56.5 Å². The molecule has 0 atom stereocenters. The van der Waals surface area contributed by atoms with Gasteiger partial charge in [0, 0.05) is 71.6 Å². The number of benzene rings is 6. The van der Waals surface area contributed by atoms with Gasteiger partial charge >= 0.3 is 0 Å². The van der Waals surface area contributed by atoms with Crippen LogP contribution in [-0.2, 0) is 42.5 Å². The molecular formula is C52H42IrN5O2-. The van der Waals surface area contributed by atoms with Gasteiger partial charge in [0.15, 0.2) is 17.5 Å². The number of fused-ring (bicyclic) bond motifs is 4. The number of para-hydroxylation sites is 2. The molecule has 9 aromatic rings. The van der Waals surface area contributed by atoms with Crippen molar-refractivity contribution in [2.24, 2.45) is 0 Å². The van der Waals surface area contributed by atoms with Gasteiger partial charge in [-0.05, 0) is 75.7 Å². The van der Waals surface area contributed by atoms with Crippen LogP contribution in [0.5, 0.6) is 5.75 Å². The average molecular weight is 961 g/mol. The van der Waals surface area contributed by atoms with E-state index in [-0.39, 0.29) is 20.1 Å². The monoisotopic (exact) mass is 961 g/mol. The van der Waals surface area contributed by atoms with E-state index in [0.29, 0.717) is 35.5 Å². The van der Waals surface area contributed by atoms with Gasteiger partial charge in [0.25, 0.3) is 0 Å². The summed E-state index contributed by atoms with van der Waals surface area (Å²) in [6, 6.07) is 55.6. The molecule has 0 aliphatic carbocycles. The van der Waals surface area contributed by atoms with Gasteiger partial charge < -0.3 is 19.0 Å². The Labute approximate surface area is 363 Å². The van der Waals surface area contributed by atoms with Crippen LogP contribution in [0.1, 0.15) is 44.4 Å². The molecule has 1 aliphatic rings. The molecule has 10 rings (SSSR count). The van der Waals surface area contributed by atoms with Crippen LogP contribution < -0.4 is 4.74 Å². The van der Waals surface area contributed by atoms with Crippen molar-refractivity contribution in [3.63, 3.8) is 0 Å². The van der Waals surface area contributed by atoms with Crippen molar-refractivity contribution in [3.8, 4) is 56.9 Å². The first-order valence-corrected chi connectivity index (χ1v) is 20.1. The molecule has 6 aromatic carbocycles. The van der Waals surface area contributed by atoms with Crippen LogP contribution in [0.15, 0.2) is 158 Å². The zero-order valence-electron chi connectivity index (χ0n) is 33.8. The molecule has 0 fully saturated rings. The minimum Gasteiger partial charge on any atom is -0.501 e. The number of nitrogens with zero attached hydrogens (tertiary/aromatic N) is 5. The summed E-state index contributed by atoms with van der Waals surface area (Å²) < 4.78 is 15.4. The fraction of sp³-hybridized carbons (Fsp3) is 0.154. The molecule has 0 spiro atoms. The van der Waals surface area contributed by atoms with Gasteiger partial charge in [0.1, 0.15) is 5.75 Å². The maximum absolute atomic E-state index is 6.62. The van der Waals surface area contributed by atoms with E-state index >= 15 is 0 Å². The predicted molar refractivity (Wildman–Crippen MR) is 235 cm³/mol. The first-order valence-electron chi connectivity index (χ1n) is 20.1. The second kappa shape index (κ2) is 15.7. The van der Waals surface area contributed by atoms with Crippen molar-refractivity contribution in [1.82, 2.24) is 24.5 Å². The van der Waals surface area contributed by atoms with E-state index in [2.05, 4.69) is 141 Å². The van der Waals surface area contributed by atoms with Crippen molar-refractivity contribution < 1.29 is 29.6 Å². The van der Waals surface area contributed by atoms with Gasteiger partial charge in [-0.3, -0.25) is 0 Å². The zero-order valence-corrected chi connectivity index (χ0v) is 36.2. The predicted octanol–water partition coefficient (Wildman–Crippen LogP) is 12.0. The Kier molecular flexibility index (Phi) is 10.2. The SMILES string of the molecule is CC1(C)OC(C)(C)c2cc(-c3ncc(-c4nc(-c5ccccc5)nc(-c5ccc(-n6c7ccccc7c7ccccc76)cc5)n4)cc3OCCc3ccccc3)[c-]cc21.[Ir]. The third-order valence-corrected chi connectivity index (χ3v) is 11.2. The summed E-state index contributed by atoms with van der Waals surface area (Å²) in [5, 5.41) is 2.45. The molecule has 1 radical (unpaired) electrons. The Morgan fingerprint density at radius 1 is 0.600 bits per heavy atom. The Hall–Kier alpha value is -6.31. The first-order chi connectivity index (χ1) is 28.7. The normalized spacial score (nSPS) is 13.9. The number of ether oxygens (including phenoxy) is 2. The Balaban J connectivity index is 0.00000462. The number of hydrogen-bond acceptors (Lipinski definition) is 6. The number of rotatable bonds is 9. The summed E-state index contributed by atoms with van der Waals surface area (Å²) in [5.74, 6) is 2.27. The van der Waals surface area contributed by atoms with Crippen LogP contribution >= 0.6 is 0 Å². The van der Waals surface area contributed by atoms with Gasteiger partial charge in [-0.25, -0.2) is 15.0 Å². The molecule has 0 unspecified atom stereocenters. The Bertz CT molecular complexity index is 2950. The van der Waals surface area contributed by atoms with E-state index in [1.165, 1.54) is 16.3 Å². The molecule has 7 nitrogen and oxygen atoms in total. The second-order valence-corrected chi connectivity index (χ2v) is 16.0. The van der Waals surface area contributed by atoms with Crippen LogP contribution in [0.2, 0.25) is 0 Å². The number of hydrogen-bond donors (Lipinski definition) is 0. The fourth-order valence-corrected chi connectivity index (χ4v) is 8.49. The molecule has 60 heavy (non-hydrogen) atoms. The van der Waals surface area contributed by atoms with Crippen molar-refractivity contribution in [1.29, 1.82) is 0 Å². The number of pyridine rings is 1. The molecule has 0 bridgehead atoms.